The Balaban J connectivity index is 3.48. The fourth-order valence-corrected chi connectivity index (χ4v) is 0.326. The molecular weight excluding hydrogens is 98.1 g/mol. The van der Waals surface area contributed by atoms with E-state index in [9.17, 15) is 0 Å². The Hall–Kier alpha value is -0.550. The lowest BCUT2D eigenvalue weighted by Gasteiger charge is -1.78. The average molecular weight is 111 g/mol. The summed E-state index contributed by atoms with van der Waals surface area (Å²) in [6, 6.07) is 0. The van der Waals surface area contributed by atoms with E-state index >= 15 is 0 Å². The first kappa shape index (κ1) is 7.45. The van der Waals surface area contributed by atoms with Gasteiger partial charge in [-0.25, -0.2) is 4.99 Å². The third-order valence-corrected chi connectivity index (χ3v) is 0.638. The van der Waals surface area contributed by atoms with E-state index in [0.717, 1.165) is 18.5 Å². The van der Waals surface area contributed by atoms with E-state index in [0.29, 0.717) is 0 Å². The van der Waals surface area contributed by atoms with Crippen molar-refractivity contribution in [3.63, 3.8) is 0 Å². The molecule has 0 heterocycles. The molecule has 0 rings (SSSR count). The van der Waals surface area contributed by atoms with Gasteiger partial charge in [0.2, 0.25) is 0 Å². The van der Waals surface area contributed by atoms with Crippen molar-refractivity contribution in [3.8, 4) is 0 Å². The number of allylic oxidation sites excluding steroid dienone is 1. The summed E-state index contributed by atoms with van der Waals surface area (Å²) in [5, 5.41) is 0. The highest BCUT2D eigenvalue weighted by Gasteiger charge is 1.69. The van der Waals surface area contributed by atoms with Gasteiger partial charge in [-0.15, -0.1) is 0 Å². The van der Waals surface area contributed by atoms with Crippen LogP contribution in [0, 0.1) is 0 Å². The molecule has 0 aromatic rings. The third-order valence-electron chi connectivity index (χ3n) is 0.638. The van der Waals surface area contributed by atoms with Gasteiger partial charge in [-0.05, 0) is 31.7 Å². The molecule has 1 heteroatoms. The van der Waals surface area contributed by atoms with Gasteiger partial charge in [-0.1, -0.05) is 6.92 Å². The molecule has 0 aliphatic rings. The second-order valence-electron chi connectivity index (χ2n) is 1.99. The van der Waals surface area contributed by atoms with E-state index in [1.165, 1.54) is 0 Å². The molecule has 1 nitrogen and oxygen atoms in total. The molecule has 0 N–H and O–H groups in total. The fourth-order valence-electron chi connectivity index (χ4n) is 0.326. The average Bonchev–Trinajstić information content (AvgIpc) is 1.66. The molecule has 0 saturated carbocycles. The van der Waals surface area contributed by atoms with Crippen molar-refractivity contribution >= 4 is 5.87 Å². The highest BCUT2D eigenvalue weighted by Crippen LogP contribution is 1.79. The first-order chi connectivity index (χ1) is 3.77. The fraction of sp³-hybridized carbons (Fsp3) is 0.714. The first-order valence-electron chi connectivity index (χ1n) is 3.00. The van der Waals surface area contributed by atoms with E-state index in [1.807, 2.05) is 13.8 Å². The molecule has 46 valence electrons. The van der Waals surface area contributed by atoms with Crippen molar-refractivity contribution in [1.82, 2.24) is 0 Å². The predicted molar refractivity (Wildman–Crippen MR) is 37.5 cm³/mol. The number of aliphatic imine (C=N–C) groups is 1. The Morgan fingerprint density at radius 1 is 1.50 bits per heavy atom. The van der Waals surface area contributed by atoms with Crippen molar-refractivity contribution in [2.45, 2.75) is 27.2 Å². The molecule has 0 saturated heterocycles. The molecule has 0 bridgehead atoms. The van der Waals surface area contributed by atoms with Crippen LogP contribution < -0.4 is 0 Å². The molecule has 0 spiro atoms. The SMILES string of the molecule is CCCN=C=C(C)C. The lowest BCUT2D eigenvalue weighted by Crippen LogP contribution is -1.72. The molecule has 0 aliphatic carbocycles. The summed E-state index contributed by atoms with van der Waals surface area (Å²) < 4.78 is 0. The van der Waals surface area contributed by atoms with Crippen LogP contribution in [0.3, 0.4) is 0 Å². The zero-order valence-electron chi connectivity index (χ0n) is 5.86. The summed E-state index contributed by atoms with van der Waals surface area (Å²) in [6.45, 7) is 7.01. The van der Waals surface area contributed by atoms with Crippen LogP contribution in [0.2, 0.25) is 0 Å². The Labute approximate surface area is 51.1 Å². The molecule has 0 radical (unpaired) electrons. The van der Waals surface area contributed by atoms with E-state index in [4.69, 9.17) is 0 Å². The maximum absolute atomic E-state index is 4.00. The number of hydrogen-bond donors (Lipinski definition) is 0. The number of nitrogens with zero attached hydrogens (tertiary/aromatic N) is 1. The molecule has 0 unspecified atom stereocenters. The van der Waals surface area contributed by atoms with Gasteiger partial charge in [-0.2, -0.15) is 0 Å². The molecule has 0 fully saturated rings. The Morgan fingerprint density at radius 2 is 2.12 bits per heavy atom. The molecule has 0 aromatic carbocycles. The summed E-state index contributed by atoms with van der Waals surface area (Å²) >= 11 is 0. The first-order valence-corrected chi connectivity index (χ1v) is 3.00. The molecule has 8 heavy (non-hydrogen) atoms. The normalized spacial score (nSPS) is 7.88. The Kier molecular flexibility index (Phi) is 4.29. The monoisotopic (exact) mass is 111 g/mol. The minimum atomic E-state index is 0.908. The summed E-state index contributed by atoms with van der Waals surface area (Å²) in [7, 11) is 0. The van der Waals surface area contributed by atoms with Crippen LogP contribution >= 0.6 is 0 Å². The van der Waals surface area contributed by atoms with Crippen LogP contribution in [0.25, 0.3) is 0 Å². The minimum Gasteiger partial charge on any atom is -0.243 e. The minimum absolute atomic E-state index is 0.908. The van der Waals surface area contributed by atoms with Crippen LogP contribution in [0.4, 0.5) is 0 Å². The zero-order valence-corrected chi connectivity index (χ0v) is 5.86. The lowest BCUT2D eigenvalue weighted by molar-refractivity contribution is 0.938. The van der Waals surface area contributed by atoms with Crippen LogP contribution in [0.5, 0.6) is 0 Å². The molecule has 0 atom stereocenters. The largest absolute Gasteiger partial charge is 0.243 e. The Morgan fingerprint density at radius 3 is 2.50 bits per heavy atom. The predicted octanol–water partition coefficient (Wildman–Crippen LogP) is 2.03. The van der Waals surface area contributed by atoms with Gasteiger partial charge < -0.3 is 0 Å². The second-order valence-corrected chi connectivity index (χ2v) is 1.99. The molecular formula is C7H13N. The maximum atomic E-state index is 4.00. The zero-order chi connectivity index (χ0) is 6.41. The van der Waals surface area contributed by atoms with Crippen LogP contribution in [0.1, 0.15) is 27.2 Å². The summed E-state index contributed by atoms with van der Waals surface area (Å²) in [6.07, 6.45) is 1.11. The molecule has 0 aliphatic heterocycles. The molecule has 0 amide bonds. The van der Waals surface area contributed by atoms with E-state index in [1.54, 1.807) is 0 Å². The molecule has 0 aromatic heterocycles. The van der Waals surface area contributed by atoms with E-state index in [-0.39, 0.29) is 0 Å². The quantitative estimate of drug-likeness (QED) is 0.483. The smallest absolute Gasteiger partial charge is 0.0481 e. The number of hydrogen-bond acceptors (Lipinski definition) is 1. The van der Waals surface area contributed by atoms with Gasteiger partial charge in [0.15, 0.2) is 0 Å². The summed E-state index contributed by atoms with van der Waals surface area (Å²) in [5.41, 5.74) is 1.15. The van der Waals surface area contributed by atoms with Crippen molar-refractivity contribution in [2.24, 2.45) is 4.99 Å². The standard InChI is InChI=1S/C7H13N/c1-4-5-8-6-7(2)3/h4-5H2,1-3H3. The highest BCUT2D eigenvalue weighted by atomic mass is 14.7. The van der Waals surface area contributed by atoms with Gasteiger partial charge in [0.25, 0.3) is 0 Å². The topological polar surface area (TPSA) is 12.4 Å². The summed E-state index contributed by atoms with van der Waals surface area (Å²) in [4.78, 5) is 4.00. The van der Waals surface area contributed by atoms with Gasteiger partial charge in [0.05, 0.1) is 0 Å². The van der Waals surface area contributed by atoms with Crippen molar-refractivity contribution in [2.75, 3.05) is 6.54 Å². The third kappa shape index (κ3) is 5.45. The van der Waals surface area contributed by atoms with Crippen LogP contribution in [-0.4, -0.2) is 12.4 Å². The maximum Gasteiger partial charge on any atom is 0.0481 e. The van der Waals surface area contributed by atoms with Crippen molar-refractivity contribution in [1.29, 1.82) is 0 Å². The van der Waals surface area contributed by atoms with E-state index < -0.39 is 0 Å². The summed E-state index contributed by atoms with van der Waals surface area (Å²) in [5.74, 6) is 2.89. The number of rotatable bonds is 2. The second kappa shape index (κ2) is 4.61. The lowest BCUT2D eigenvalue weighted by atomic mass is 10.4. The van der Waals surface area contributed by atoms with Crippen molar-refractivity contribution < 1.29 is 0 Å². The highest BCUT2D eigenvalue weighted by molar-refractivity contribution is 5.55. The van der Waals surface area contributed by atoms with Gasteiger partial charge >= 0.3 is 0 Å². The van der Waals surface area contributed by atoms with E-state index in [2.05, 4.69) is 17.8 Å². The van der Waals surface area contributed by atoms with Gasteiger partial charge in [0, 0.05) is 6.54 Å². The van der Waals surface area contributed by atoms with Crippen molar-refractivity contribution in [3.05, 3.63) is 5.57 Å². The van der Waals surface area contributed by atoms with Gasteiger partial charge in [-0.3, -0.25) is 0 Å². The van der Waals surface area contributed by atoms with Gasteiger partial charge in [0.1, 0.15) is 0 Å². The Bertz CT molecular complexity index is 104. The van der Waals surface area contributed by atoms with Crippen LogP contribution in [0.15, 0.2) is 10.6 Å². The van der Waals surface area contributed by atoms with Crippen LogP contribution in [-0.2, 0) is 0 Å².